The number of carbonyl (C=O) groups is 2. The van der Waals surface area contributed by atoms with E-state index in [4.69, 9.17) is 27.9 Å². The molecule has 2 aromatic rings. The molecule has 124 valence electrons. The van der Waals surface area contributed by atoms with Crippen LogP contribution in [0.2, 0.25) is 10.0 Å². The topological polar surface area (TPSA) is 75.6 Å². The van der Waals surface area contributed by atoms with Crippen LogP contribution in [-0.4, -0.2) is 24.1 Å². The Labute approximate surface area is 148 Å². The van der Waals surface area contributed by atoms with E-state index in [9.17, 15) is 14.7 Å². The molecule has 3 rings (SSSR count). The lowest BCUT2D eigenvalue weighted by Crippen LogP contribution is -2.41. The maximum atomic E-state index is 12.4. The zero-order chi connectivity index (χ0) is 17.4. The number of hydrogen-bond acceptors (Lipinski definition) is 3. The normalized spacial score (nSPS) is 19.4. The van der Waals surface area contributed by atoms with Gasteiger partial charge in [0.2, 0.25) is 0 Å². The van der Waals surface area contributed by atoms with Crippen LogP contribution >= 0.6 is 23.2 Å². The van der Waals surface area contributed by atoms with Gasteiger partial charge in [0.1, 0.15) is 11.7 Å². The molecule has 1 aliphatic rings. The zero-order valence-corrected chi connectivity index (χ0v) is 14.1. The summed E-state index contributed by atoms with van der Waals surface area (Å²) in [5.41, 5.74) is 1.20. The zero-order valence-electron chi connectivity index (χ0n) is 12.5. The van der Waals surface area contributed by atoms with Crippen molar-refractivity contribution in [1.82, 2.24) is 5.32 Å². The standard InChI is InChI=1S/C17H13Cl2NO4/c1-24-9-3-5-10-12(7-9)14(17(22)23)15(20-16(10)21)11-4-2-8(18)6-13(11)19/h2-7,14-15H,1H3,(H,20,21)(H,22,23)/t14-,15+/m1/s1. The van der Waals surface area contributed by atoms with E-state index in [1.54, 1.807) is 30.3 Å². The summed E-state index contributed by atoms with van der Waals surface area (Å²) in [4.78, 5) is 24.3. The Balaban J connectivity index is 2.17. The van der Waals surface area contributed by atoms with Crippen LogP contribution in [0.5, 0.6) is 5.75 Å². The maximum Gasteiger partial charge on any atom is 0.313 e. The minimum Gasteiger partial charge on any atom is -0.497 e. The number of ether oxygens (including phenoxy) is 1. The summed E-state index contributed by atoms with van der Waals surface area (Å²) < 4.78 is 5.16. The molecule has 0 spiro atoms. The van der Waals surface area contributed by atoms with Gasteiger partial charge in [0, 0.05) is 15.6 Å². The summed E-state index contributed by atoms with van der Waals surface area (Å²) in [6, 6.07) is 8.69. The number of carbonyl (C=O) groups excluding carboxylic acids is 1. The lowest BCUT2D eigenvalue weighted by Gasteiger charge is -2.32. The fraction of sp³-hybridized carbons (Fsp3) is 0.176. The molecule has 0 aromatic heterocycles. The number of fused-ring (bicyclic) bond motifs is 1. The fourth-order valence-corrected chi connectivity index (χ4v) is 3.43. The molecule has 2 aromatic carbocycles. The molecule has 0 radical (unpaired) electrons. The smallest absolute Gasteiger partial charge is 0.313 e. The average Bonchev–Trinajstić information content (AvgIpc) is 2.53. The number of carboxylic acid groups (broad SMARTS) is 1. The fourth-order valence-electron chi connectivity index (χ4n) is 2.90. The van der Waals surface area contributed by atoms with E-state index in [0.29, 0.717) is 32.5 Å². The molecule has 2 atom stereocenters. The predicted octanol–water partition coefficient (Wildman–Crippen LogP) is 3.65. The Morgan fingerprint density at radius 3 is 2.54 bits per heavy atom. The molecule has 0 saturated carbocycles. The number of nitrogens with one attached hydrogen (secondary N) is 1. The molecular weight excluding hydrogens is 353 g/mol. The van der Waals surface area contributed by atoms with Crippen LogP contribution in [-0.2, 0) is 4.79 Å². The first-order chi connectivity index (χ1) is 11.4. The third-order valence-corrected chi connectivity index (χ3v) is 4.58. The molecule has 0 saturated heterocycles. The average molecular weight is 366 g/mol. The number of aliphatic carboxylic acids is 1. The van der Waals surface area contributed by atoms with Gasteiger partial charge >= 0.3 is 5.97 Å². The second kappa shape index (κ2) is 6.34. The van der Waals surface area contributed by atoms with Gasteiger partial charge in [-0.1, -0.05) is 29.3 Å². The van der Waals surface area contributed by atoms with E-state index in [2.05, 4.69) is 5.32 Å². The number of carboxylic acids is 1. The van der Waals surface area contributed by atoms with Crippen LogP contribution in [0.3, 0.4) is 0 Å². The van der Waals surface area contributed by atoms with Crippen molar-refractivity contribution >= 4 is 35.1 Å². The second-order valence-electron chi connectivity index (χ2n) is 5.39. The number of halogens is 2. The molecule has 1 aliphatic heterocycles. The molecule has 0 bridgehead atoms. The molecule has 0 unspecified atom stereocenters. The van der Waals surface area contributed by atoms with Crippen LogP contribution in [0.4, 0.5) is 0 Å². The molecule has 0 fully saturated rings. The van der Waals surface area contributed by atoms with Crippen molar-refractivity contribution in [2.75, 3.05) is 7.11 Å². The largest absolute Gasteiger partial charge is 0.497 e. The summed E-state index contributed by atoms with van der Waals surface area (Å²) in [6.07, 6.45) is 0. The van der Waals surface area contributed by atoms with Crippen molar-refractivity contribution in [3.8, 4) is 5.75 Å². The summed E-state index contributed by atoms with van der Waals surface area (Å²) in [5, 5.41) is 13.2. The lowest BCUT2D eigenvalue weighted by atomic mass is 9.81. The van der Waals surface area contributed by atoms with Crippen LogP contribution in [0.25, 0.3) is 0 Å². The second-order valence-corrected chi connectivity index (χ2v) is 6.23. The van der Waals surface area contributed by atoms with Crippen molar-refractivity contribution in [3.05, 3.63) is 63.1 Å². The molecule has 24 heavy (non-hydrogen) atoms. The quantitative estimate of drug-likeness (QED) is 0.870. The highest BCUT2D eigenvalue weighted by Gasteiger charge is 2.40. The van der Waals surface area contributed by atoms with E-state index in [0.717, 1.165) is 0 Å². The number of amides is 1. The van der Waals surface area contributed by atoms with Gasteiger partial charge in [-0.05, 0) is 41.5 Å². The Morgan fingerprint density at radius 1 is 1.17 bits per heavy atom. The van der Waals surface area contributed by atoms with Crippen LogP contribution < -0.4 is 10.1 Å². The van der Waals surface area contributed by atoms with Gasteiger partial charge in [0.25, 0.3) is 5.91 Å². The Kier molecular flexibility index (Phi) is 4.39. The van der Waals surface area contributed by atoms with Gasteiger partial charge < -0.3 is 15.2 Å². The van der Waals surface area contributed by atoms with Crippen LogP contribution in [0.1, 0.15) is 33.4 Å². The SMILES string of the molecule is COc1ccc2c(c1)[C@@H](C(=O)O)[C@H](c1ccc(Cl)cc1Cl)NC2=O. The summed E-state index contributed by atoms with van der Waals surface area (Å²) >= 11 is 12.1. The Bertz CT molecular complexity index is 837. The van der Waals surface area contributed by atoms with Gasteiger partial charge in [-0.2, -0.15) is 0 Å². The van der Waals surface area contributed by atoms with Crippen molar-refractivity contribution in [2.24, 2.45) is 0 Å². The van der Waals surface area contributed by atoms with Gasteiger partial charge in [-0.25, -0.2) is 0 Å². The molecule has 7 heteroatoms. The highest BCUT2D eigenvalue weighted by Crippen LogP contribution is 2.41. The van der Waals surface area contributed by atoms with Gasteiger partial charge in [0.05, 0.1) is 13.2 Å². The third-order valence-electron chi connectivity index (χ3n) is 4.02. The number of hydrogen-bond donors (Lipinski definition) is 2. The summed E-state index contributed by atoms with van der Waals surface area (Å²) in [5.74, 6) is -1.94. The molecular formula is C17H13Cl2NO4. The van der Waals surface area contributed by atoms with Gasteiger partial charge in [-0.15, -0.1) is 0 Å². The van der Waals surface area contributed by atoms with E-state index >= 15 is 0 Å². The maximum absolute atomic E-state index is 12.4. The minimum atomic E-state index is -1.07. The first kappa shape index (κ1) is 16.6. The van der Waals surface area contributed by atoms with Gasteiger partial charge in [0.15, 0.2) is 0 Å². The highest BCUT2D eigenvalue weighted by molar-refractivity contribution is 6.35. The number of rotatable bonds is 3. The van der Waals surface area contributed by atoms with Crippen molar-refractivity contribution in [2.45, 2.75) is 12.0 Å². The monoisotopic (exact) mass is 365 g/mol. The lowest BCUT2D eigenvalue weighted by molar-refractivity contribution is -0.139. The molecule has 1 heterocycles. The summed E-state index contributed by atoms with van der Waals surface area (Å²) in [7, 11) is 1.48. The van der Waals surface area contributed by atoms with Crippen molar-refractivity contribution < 1.29 is 19.4 Å². The molecule has 1 amide bonds. The number of benzene rings is 2. The highest BCUT2D eigenvalue weighted by atomic mass is 35.5. The molecule has 0 aliphatic carbocycles. The molecule has 5 nitrogen and oxygen atoms in total. The van der Waals surface area contributed by atoms with Gasteiger partial charge in [-0.3, -0.25) is 9.59 Å². The first-order valence-corrected chi connectivity index (χ1v) is 7.84. The van der Waals surface area contributed by atoms with E-state index < -0.39 is 17.9 Å². The van der Waals surface area contributed by atoms with Crippen LogP contribution in [0, 0.1) is 0 Å². The molecule has 2 N–H and O–H groups in total. The Hall–Kier alpha value is -2.24. The van der Waals surface area contributed by atoms with Crippen molar-refractivity contribution in [1.29, 1.82) is 0 Å². The predicted molar refractivity (Wildman–Crippen MR) is 90.0 cm³/mol. The minimum absolute atomic E-state index is 0.297. The van der Waals surface area contributed by atoms with Crippen molar-refractivity contribution in [3.63, 3.8) is 0 Å². The first-order valence-electron chi connectivity index (χ1n) is 7.09. The van der Waals surface area contributed by atoms with E-state index in [1.807, 2.05) is 0 Å². The third kappa shape index (κ3) is 2.81. The van der Waals surface area contributed by atoms with E-state index in [1.165, 1.54) is 13.2 Å². The van der Waals surface area contributed by atoms with E-state index in [-0.39, 0.29) is 5.91 Å². The van der Waals surface area contributed by atoms with Crippen LogP contribution in [0.15, 0.2) is 36.4 Å². The number of methoxy groups -OCH3 is 1. The Morgan fingerprint density at radius 2 is 1.92 bits per heavy atom. The summed E-state index contributed by atoms with van der Waals surface area (Å²) in [6.45, 7) is 0.